The first-order valence-electron chi connectivity index (χ1n) is 25.7. The van der Waals surface area contributed by atoms with Crippen molar-refractivity contribution in [1.29, 1.82) is 0 Å². The molecule has 9 rings (SSSR count). The number of halogens is 5. The smallest absolute Gasteiger partial charge is 0.277 e. The van der Waals surface area contributed by atoms with Crippen molar-refractivity contribution in [1.82, 2.24) is 16.3 Å². The zero-order valence-corrected chi connectivity index (χ0v) is 52.4. The quantitative estimate of drug-likeness (QED) is 0.0291. The molecule has 19 heteroatoms. The summed E-state index contributed by atoms with van der Waals surface area (Å²) in [6.45, 7) is 6.51. The second-order valence-corrected chi connectivity index (χ2v) is 23.5. The molecule has 81 heavy (non-hydrogen) atoms. The molecule has 6 N–H and O–H groups in total. The van der Waals surface area contributed by atoms with Gasteiger partial charge in [-0.2, -0.15) is 0 Å². The number of amides is 3. The highest BCUT2D eigenvalue weighted by molar-refractivity contribution is 14.1. The van der Waals surface area contributed by atoms with E-state index in [1.165, 1.54) is 34.3 Å². The first-order chi connectivity index (χ1) is 39.0. The van der Waals surface area contributed by atoms with E-state index in [-0.39, 0.29) is 35.7 Å². The maximum absolute atomic E-state index is 13.7. The number of nitrogens with zero attached hydrogens (tertiary/aromatic N) is 1. The van der Waals surface area contributed by atoms with E-state index in [2.05, 4.69) is 122 Å². The number of hydrogen-bond acceptors (Lipinski definition) is 10. The average Bonchev–Trinajstić information content (AvgIpc) is 3.46. The van der Waals surface area contributed by atoms with Gasteiger partial charge in [-0.15, -0.1) is 0 Å². The van der Waals surface area contributed by atoms with Gasteiger partial charge in [0.1, 0.15) is 5.82 Å². The van der Waals surface area contributed by atoms with Crippen LogP contribution in [0.1, 0.15) is 91.0 Å². The number of nitro benzene ring substituents is 1. The van der Waals surface area contributed by atoms with Crippen LogP contribution in [0, 0.1) is 47.4 Å². The number of hydrogen-bond donors (Lipinski definition) is 6. The largest absolute Gasteiger partial charge is 0.355 e. The molecule has 8 aromatic rings. The number of aryl methyl sites for hydroxylation is 3. The van der Waals surface area contributed by atoms with Crippen LogP contribution in [-0.4, -0.2) is 28.7 Å². The molecule has 0 atom stereocenters. The summed E-state index contributed by atoms with van der Waals surface area (Å²) in [4.78, 5) is 59.3. The van der Waals surface area contributed by atoms with E-state index in [9.17, 15) is 28.9 Å². The molecule has 1 fully saturated rings. The summed E-state index contributed by atoms with van der Waals surface area (Å²) in [6, 6.07) is 51.2. The minimum atomic E-state index is -0.518. The molecule has 0 aromatic heterocycles. The lowest BCUT2D eigenvalue weighted by atomic mass is 9.95. The van der Waals surface area contributed by atoms with Gasteiger partial charge in [0.25, 0.3) is 23.4 Å². The van der Waals surface area contributed by atoms with Crippen LogP contribution >= 0.6 is 83.7 Å². The molecule has 3 amide bonds. The Bertz CT molecular complexity index is 3330. The van der Waals surface area contributed by atoms with E-state index in [0.29, 0.717) is 34.8 Å². The summed E-state index contributed by atoms with van der Waals surface area (Å²) in [5, 5.41) is 24.0. The van der Waals surface area contributed by atoms with Crippen molar-refractivity contribution in [3.63, 3.8) is 0 Å². The Morgan fingerprint density at radius 3 is 1.38 bits per heavy atom. The Hall–Kier alpha value is -6.51. The van der Waals surface area contributed by atoms with Gasteiger partial charge >= 0.3 is 0 Å². The fourth-order valence-corrected chi connectivity index (χ4v) is 10.7. The number of benzene rings is 8. The number of anilines is 6. The summed E-state index contributed by atoms with van der Waals surface area (Å²) in [5.41, 5.74) is 15.3. The monoisotopic (exact) mass is 1490 g/mol. The number of hydroxylamine groups is 2. The number of carbonyl (C=O) groups excluding carboxylic acids is 3. The molecule has 418 valence electrons. The number of non-ortho nitro benzene ring substituents is 1. The van der Waals surface area contributed by atoms with Crippen molar-refractivity contribution < 1.29 is 33.4 Å². The number of nitrogens with one attached hydrogen (secondary N) is 6. The van der Waals surface area contributed by atoms with Crippen LogP contribution < -0.4 is 32.2 Å². The highest BCUT2D eigenvalue weighted by Crippen LogP contribution is 2.31. The van der Waals surface area contributed by atoms with E-state index in [1.807, 2.05) is 142 Å². The van der Waals surface area contributed by atoms with Gasteiger partial charge in [-0.05, 0) is 226 Å². The fraction of sp³-hybridized carbons (Fsp3) is 0.177. The van der Waals surface area contributed by atoms with Gasteiger partial charge in [-0.25, -0.2) is 15.4 Å². The van der Waals surface area contributed by atoms with Gasteiger partial charge in [0.15, 0.2) is 0 Å². The standard InChI is InChI=1S/C21H18BrIN2O2.C21H18FIN2O2.C20H22IN3O3/c2*1-14-11-17(23)8-10-19(14)24-20-9-7-16(22)12-18(20)21(26)25-27-13-15-5-3-2-4-6-15;1-13-11-14(21)7-9-18(13)23-19-10-8-16(24(26)27)12-17(19)20(25)22-15-5-3-2-4-6-15/h2*2-12,24H,13H2,1H3,(H,25,26);7-12,15,23H,2-6H2,1H3,(H,22,25). The lowest BCUT2D eigenvalue weighted by molar-refractivity contribution is -0.384. The van der Waals surface area contributed by atoms with Gasteiger partial charge in [-0.3, -0.25) is 34.2 Å². The Morgan fingerprint density at radius 2 is 0.938 bits per heavy atom. The van der Waals surface area contributed by atoms with Crippen molar-refractivity contribution in [2.45, 2.75) is 72.1 Å². The highest BCUT2D eigenvalue weighted by Gasteiger charge is 2.22. The Labute approximate surface area is 519 Å². The van der Waals surface area contributed by atoms with E-state index in [4.69, 9.17) is 9.68 Å². The molecule has 1 aliphatic rings. The van der Waals surface area contributed by atoms with Crippen molar-refractivity contribution in [3.05, 3.63) is 245 Å². The molecular formula is C62H58BrFI3N7O7. The molecule has 0 saturated heterocycles. The second-order valence-electron chi connectivity index (χ2n) is 18.8. The lowest BCUT2D eigenvalue weighted by Gasteiger charge is -2.23. The minimum Gasteiger partial charge on any atom is -0.355 e. The normalized spacial score (nSPS) is 11.9. The summed E-state index contributed by atoms with van der Waals surface area (Å²) >= 11 is 10.2. The zero-order valence-electron chi connectivity index (χ0n) is 44.4. The van der Waals surface area contributed by atoms with Crippen molar-refractivity contribution in [3.8, 4) is 0 Å². The van der Waals surface area contributed by atoms with Crippen LogP contribution in [0.25, 0.3) is 0 Å². The van der Waals surface area contributed by atoms with Gasteiger partial charge in [0.2, 0.25) is 0 Å². The Morgan fingerprint density at radius 1 is 0.531 bits per heavy atom. The van der Waals surface area contributed by atoms with E-state index < -0.39 is 16.6 Å². The number of rotatable bonds is 17. The van der Waals surface area contributed by atoms with Crippen LogP contribution in [-0.2, 0) is 22.9 Å². The average molecular weight is 1490 g/mol. The summed E-state index contributed by atoms with van der Waals surface area (Å²) in [7, 11) is 0. The third-order valence-corrected chi connectivity index (χ3v) is 15.2. The van der Waals surface area contributed by atoms with Crippen molar-refractivity contribution in [2.75, 3.05) is 16.0 Å². The van der Waals surface area contributed by atoms with Gasteiger partial charge < -0.3 is 21.3 Å². The molecule has 0 radical (unpaired) electrons. The van der Waals surface area contributed by atoms with Crippen molar-refractivity contribution >= 4 is 141 Å². The summed E-state index contributed by atoms with van der Waals surface area (Å²) < 4.78 is 17.9. The third kappa shape index (κ3) is 19.3. The first kappa shape index (κ1) is 62.1. The van der Waals surface area contributed by atoms with Crippen LogP contribution in [0.5, 0.6) is 0 Å². The summed E-state index contributed by atoms with van der Waals surface area (Å²) in [5.74, 6) is -1.58. The summed E-state index contributed by atoms with van der Waals surface area (Å²) in [6.07, 6.45) is 5.32. The van der Waals surface area contributed by atoms with Crippen LogP contribution in [0.15, 0.2) is 174 Å². The predicted molar refractivity (Wildman–Crippen MR) is 347 cm³/mol. The Balaban J connectivity index is 0.000000175. The van der Waals surface area contributed by atoms with Gasteiger partial charge in [0, 0.05) is 50.4 Å². The molecule has 0 bridgehead atoms. The molecule has 1 saturated carbocycles. The SMILES string of the molecule is Cc1cc(I)ccc1Nc1ccc(Br)cc1C(=O)NOCc1ccccc1.Cc1cc(I)ccc1Nc1ccc(F)cc1C(=O)NOCc1ccccc1.Cc1cc(I)ccc1Nc1ccc([N+](=O)[O-])cc1C(=O)NC1CCCCC1. The van der Waals surface area contributed by atoms with E-state index >= 15 is 0 Å². The molecule has 0 spiro atoms. The number of carbonyl (C=O) groups is 3. The molecule has 0 heterocycles. The third-order valence-electron chi connectivity index (χ3n) is 12.7. The van der Waals surface area contributed by atoms with Crippen LogP contribution in [0.2, 0.25) is 0 Å². The Kier molecular flexibility index (Phi) is 23.8. The molecule has 0 unspecified atom stereocenters. The van der Waals surface area contributed by atoms with Crippen molar-refractivity contribution in [2.24, 2.45) is 0 Å². The van der Waals surface area contributed by atoms with Gasteiger partial charge in [0.05, 0.1) is 51.9 Å². The molecular weight excluding hydrogens is 1430 g/mol. The maximum Gasteiger partial charge on any atom is 0.277 e. The second kappa shape index (κ2) is 31.1. The molecule has 14 nitrogen and oxygen atoms in total. The number of nitro groups is 1. The van der Waals surface area contributed by atoms with E-state index in [0.717, 1.165) is 82.2 Å². The molecule has 0 aliphatic heterocycles. The lowest BCUT2D eigenvalue weighted by Crippen LogP contribution is -2.36. The molecule has 8 aromatic carbocycles. The highest BCUT2D eigenvalue weighted by atomic mass is 127. The fourth-order valence-electron chi connectivity index (χ4n) is 8.45. The topological polar surface area (TPSA) is 185 Å². The van der Waals surface area contributed by atoms with Gasteiger partial charge in [-0.1, -0.05) is 95.9 Å². The van der Waals surface area contributed by atoms with Crippen LogP contribution in [0.3, 0.4) is 0 Å². The van der Waals surface area contributed by atoms with E-state index in [1.54, 1.807) is 18.2 Å². The minimum absolute atomic E-state index is 0.0892. The maximum atomic E-state index is 13.7. The zero-order chi connectivity index (χ0) is 57.8. The predicted octanol–water partition coefficient (Wildman–Crippen LogP) is 16.6. The first-order valence-corrected chi connectivity index (χ1v) is 29.7. The van der Waals surface area contributed by atoms with Crippen LogP contribution in [0.4, 0.5) is 44.2 Å². The molecule has 1 aliphatic carbocycles.